The molecule has 2 aliphatic rings. The molecular weight excluding hydrogens is 354 g/mol. The van der Waals surface area contributed by atoms with Gasteiger partial charge in [0.25, 0.3) is 0 Å². The minimum atomic E-state index is -3.49. The van der Waals surface area contributed by atoms with Gasteiger partial charge in [0.1, 0.15) is 0 Å². The number of nitrogens with zero attached hydrogens (tertiary/aromatic N) is 2. The smallest absolute Gasteiger partial charge is 0.225 e. The van der Waals surface area contributed by atoms with Gasteiger partial charge in [-0.2, -0.15) is 0 Å². The number of aromatic nitrogens is 1. The molecule has 7 nitrogen and oxygen atoms in total. The summed E-state index contributed by atoms with van der Waals surface area (Å²) in [6.07, 6.45) is 6.99. The molecule has 1 atom stereocenters. The first-order valence-corrected chi connectivity index (χ1v) is 10.8. The van der Waals surface area contributed by atoms with E-state index >= 15 is 0 Å². The van der Waals surface area contributed by atoms with Crippen molar-refractivity contribution < 1.29 is 17.9 Å². The zero-order valence-electron chi connectivity index (χ0n) is 15.2. The number of rotatable bonds is 6. The van der Waals surface area contributed by atoms with Crippen molar-refractivity contribution in [1.29, 1.82) is 0 Å². The molecule has 1 saturated heterocycles. The summed E-state index contributed by atoms with van der Waals surface area (Å²) >= 11 is 0. The Kier molecular flexibility index (Phi) is 6.13. The maximum absolute atomic E-state index is 12.7. The number of nitrogens with one attached hydrogen (secondary N) is 1. The van der Waals surface area contributed by atoms with Crippen molar-refractivity contribution in [2.24, 2.45) is 5.92 Å². The lowest BCUT2D eigenvalue weighted by Crippen LogP contribution is -2.49. The maximum atomic E-state index is 12.7. The van der Waals surface area contributed by atoms with Crippen LogP contribution in [0.15, 0.2) is 18.3 Å². The maximum Gasteiger partial charge on any atom is 0.225 e. The number of carbonyl (C=O) groups excluding carboxylic acids is 1. The van der Waals surface area contributed by atoms with Crippen LogP contribution in [0.4, 0.5) is 0 Å². The summed E-state index contributed by atoms with van der Waals surface area (Å²) in [7, 11) is -1.96. The van der Waals surface area contributed by atoms with Crippen LogP contribution in [0.1, 0.15) is 44.1 Å². The lowest BCUT2D eigenvalue weighted by Gasteiger charge is -2.34. The zero-order valence-corrected chi connectivity index (χ0v) is 16.0. The predicted octanol–water partition coefficient (Wildman–Crippen LogP) is 1.69. The van der Waals surface area contributed by atoms with Crippen LogP contribution in [-0.4, -0.2) is 49.7 Å². The van der Waals surface area contributed by atoms with Gasteiger partial charge in [0.15, 0.2) is 0 Å². The van der Waals surface area contributed by atoms with Gasteiger partial charge < -0.3 is 9.64 Å². The average molecular weight is 381 g/mol. The van der Waals surface area contributed by atoms with Gasteiger partial charge in [-0.1, -0.05) is 18.9 Å². The summed E-state index contributed by atoms with van der Waals surface area (Å²) in [6, 6.07) is 3.48. The molecule has 0 radical (unpaired) electrons. The topological polar surface area (TPSA) is 88.6 Å². The standard InChI is InChI=1S/C18H27N3O4S/c1-25-17-9-8-14(11-19-17)12-20-26(23,24)16-7-4-10-21(13-16)18(22)15-5-2-3-6-15/h8-9,11,15-16,20H,2-7,10,12-13H2,1H3. The number of amides is 1. The SMILES string of the molecule is COc1ccc(CNS(=O)(=O)C2CCCN(C(=O)C3CCCC3)C2)cn1. The minimum Gasteiger partial charge on any atom is -0.481 e. The summed E-state index contributed by atoms with van der Waals surface area (Å²) in [5.41, 5.74) is 0.768. The fourth-order valence-corrected chi connectivity index (χ4v) is 5.22. The van der Waals surface area contributed by atoms with Crippen LogP contribution in [0, 0.1) is 5.92 Å². The van der Waals surface area contributed by atoms with E-state index in [4.69, 9.17) is 4.74 Å². The van der Waals surface area contributed by atoms with E-state index in [1.807, 2.05) is 0 Å². The Balaban J connectivity index is 1.57. The van der Waals surface area contributed by atoms with Gasteiger partial charge in [-0.15, -0.1) is 0 Å². The highest BCUT2D eigenvalue weighted by atomic mass is 32.2. The number of sulfonamides is 1. The first-order valence-electron chi connectivity index (χ1n) is 9.26. The van der Waals surface area contributed by atoms with Crippen LogP contribution in [0.5, 0.6) is 5.88 Å². The van der Waals surface area contributed by atoms with Gasteiger partial charge in [-0.25, -0.2) is 18.1 Å². The molecule has 1 aliphatic carbocycles. The van der Waals surface area contributed by atoms with Crippen molar-refractivity contribution >= 4 is 15.9 Å². The Morgan fingerprint density at radius 3 is 2.69 bits per heavy atom. The van der Waals surface area contributed by atoms with Crippen molar-refractivity contribution in [3.8, 4) is 5.88 Å². The van der Waals surface area contributed by atoms with Gasteiger partial charge in [0.2, 0.25) is 21.8 Å². The third kappa shape index (κ3) is 4.54. The number of likely N-dealkylation sites (tertiary alicyclic amines) is 1. The second kappa shape index (κ2) is 8.35. The molecule has 1 saturated carbocycles. The third-order valence-corrected chi connectivity index (χ3v) is 7.13. The van der Waals surface area contributed by atoms with E-state index in [-0.39, 0.29) is 18.4 Å². The van der Waals surface area contributed by atoms with Gasteiger partial charge in [0, 0.05) is 37.8 Å². The van der Waals surface area contributed by atoms with E-state index in [0.29, 0.717) is 25.4 Å². The molecule has 1 aromatic rings. The highest BCUT2D eigenvalue weighted by Crippen LogP contribution is 2.28. The zero-order chi connectivity index (χ0) is 18.6. The molecule has 1 N–H and O–H groups in total. The van der Waals surface area contributed by atoms with Crippen molar-refractivity contribution in [2.75, 3.05) is 20.2 Å². The molecule has 2 fully saturated rings. The van der Waals surface area contributed by atoms with Gasteiger partial charge in [0.05, 0.1) is 12.4 Å². The van der Waals surface area contributed by atoms with Crippen LogP contribution in [0.2, 0.25) is 0 Å². The number of pyridine rings is 1. The fraction of sp³-hybridized carbons (Fsp3) is 0.667. The molecule has 3 rings (SSSR count). The van der Waals surface area contributed by atoms with E-state index in [0.717, 1.165) is 37.7 Å². The first-order chi connectivity index (χ1) is 12.5. The molecule has 1 aliphatic heterocycles. The summed E-state index contributed by atoms with van der Waals surface area (Å²) in [5.74, 6) is 0.724. The number of piperidine rings is 1. The predicted molar refractivity (Wildman–Crippen MR) is 98.1 cm³/mol. The third-order valence-electron chi connectivity index (χ3n) is 5.32. The fourth-order valence-electron chi connectivity index (χ4n) is 3.76. The lowest BCUT2D eigenvalue weighted by molar-refractivity contribution is -0.136. The van der Waals surface area contributed by atoms with E-state index < -0.39 is 15.3 Å². The van der Waals surface area contributed by atoms with Crippen molar-refractivity contribution in [2.45, 2.75) is 50.3 Å². The summed E-state index contributed by atoms with van der Waals surface area (Å²) in [5, 5.41) is -0.548. The van der Waals surface area contributed by atoms with E-state index in [1.165, 1.54) is 7.11 Å². The molecule has 0 spiro atoms. The Morgan fingerprint density at radius 2 is 2.04 bits per heavy atom. The van der Waals surface area contributed by atoms with Crippen molar-refractivity contribution in [3.63, 3.8) is 0 Å². The van der Waals surface area contributed by atoms with Gasteiger partial charge in [-0.3, -0.25) is 4.79 Å². The Bertz CT molecular complexity index is 714. The number of hydrogen-bond donors (Lipinski definition) is 1. The van der Waals surface area contributed by atoms with Gasteiger partial charge in [-0.05, 0) is 31.2 Å². The Hall–Kier alpha value is -1.67. The lowest BCUT2D eigenvalue weighted by atomic mass is 10.0. The number of methoxy groups -OCH3 is 1. The molecule has 8 heteroatoms. The normalized spacial score (nSPS) is 21.7. The molecule has 144 valence electrons. The molecule has 1 amide bonds. The van der Waals surface area contributed by atoms with E-state index in [9.17, 15) is 13.2 Å². The minimum absolute atomic E-state index is 0.0924. The molecular formula is C18H27N3O4S. The summed E-state index contributed by atoms with van der Waals surface area (Å²) in [6.45, 7) is 1.15. The van der Waals surface area contributed by atoms with Crippen molar-refractivity contribution in [3.05, 3.63) is 23.9 Å². The highest BCUT2D eigenvalue weighted by Gasteiger charge is 2.35. The van der Waals surface area contributed by atoms with Crippen molar-refractivity contribution in [1.82, 2.24) is 14.6 Å². The molecule has 0 bridgehead atoms. The molecule has 1 unspecified atom stereocenters. The van der Waals surface area contributed by atoms with Crippen LogP contribution in [-0.2, 0) is 21.4 Å². The highest BCUT2D eigenvalue weighted by molar-refractivity contribution is 7.90. The quantitative estimate of drug-likeness (QED) is 0.810. The van der Waals surface area contributed by atoms with Gasteiger partial charge >= 0.3 is 0 Å². The first kappa shape index (κ1) is 19.1. The second-order valence-electron chi connectivity index (χ2n) is 7.10. The van der Waals surface area contributed by atoms with Crippen LogP contribution >= 0.6 is 0 Å². The molecule has 2 heterocycles. The Morgan fingerprint density at radius 1 is 1.27 bits per heavy atom. The van der Waals surface area contributed by atoms with E-state index in [2.05, 4.69) is 9.71 Å². The van der Waals surface area contributed by atoms with Crippen LogP contribution < -0.4 is 9.46 Å². The summed E-state index contributed by atoms with van der Waals surface area (Å²) < 4.78 is 33.0. The molecule has 0 aromatic carbocycles. The number of carbonyl (C=O) groups is 1. The number of ether oxygens (including phenoxy) is 1. The Labute approximate surface area is 155 Å². The average Bonchev–Trinajstić information content (AvgIpc) is 3.21. The molecule has 1 aromatic heterocycles. The largest absolute Gasteiger partial charge is 0.481 e. The van der Waals surface area contributed by atoms with Crippen LogP contribution in [0.3, 0.4) is 0 Å². The van der Waals surface area contributed by atoms with Crippen LogP contribution in [0.25, 0.3) is 0 Å². The second-order valence-corrected chi connectivity index (χ2v) is 9.15. The van der Waals surface area contributed by atoms with E-state index in [1.54, 1.807) is 23.2 Å². The molecule has 26 heavy (non-hydrogen) atoms. The number of hydrogen-bond acceptors (Lipinski definition) is 5. The summed E-state index contributed by atoms with van der Waals surface area (Å²) in [4.78, 5) is 18.4. The monoisotopic (exact) mass is 381 g/mol.